The highest BCUT2D eigenvalue weighted by Crippen LogP contribution is 2.22. The Kier molecular flexibility index (Phi) is 3.03. The summed E-state index contributed by atoms with van der Waals surface area (Å²) in [6.07, 6.45) is 5.88. The molecule has 0 amide bonds. The van der Waals surface area contributed by atoms with Gasteiger partial charge in [0, 0.05) is 19.3 Å². The van der Waals surface area contributed by atoms with E-state index in [0.717, 1.165) is 0 Å². The van der Waals surface area contributed by atoms with E-state index in [1.807, 2.05) is 12.3 Å². The Morgan fingerprint density at radius 2 is 2.00 bits per heavy atom. The zero-order chi connectivity index (χ0) is 9.10. The number of aromatic nitrogens is 1. The molecule has 70 valence electrons. The standard InChI is InChI=1S/C10H13IN2/c11-9-5-4-6-12-10(9)13-7-2-1-3-8-13/h4-6H,1-3,7-8H2. The normalized spacial score (nSPS) is 17.5. The van der Waals surface area contributed by atoms with E-state index in [2.05, 4.69) is 38.5 Å². The van der Waals surface area contributed by atoms with Crippen molar-refractivity contribution < 1.29 is 0 Å². The number of halogens is 1. The average Bonchev–Trinajstić information content (AvgIpc) is 2.20. The van der Waals surface area contributed by atoms with Crippen LogP contribution in [0.2, 0.25) is 0 Å². The molecule has 1 aromatic rings. The van der Waals surface area contributed by atoms with E-state index in [9.17, 15) is 0 Å². The Hall–Kier alpha value is -0.320. The molecule has 13 heavy (non-hydrogen) atoms. The summed E-state index contributed by atoms with van der Waals surface area (Å²) in [5.41, 5.74) is 0. The summed E-state index contributed by atoms with van der Waals surface area (Å²) in [6.45, 7) is 2.35. The van der Waals surface area contributed by atoms with Crippen molar-refractivity contribution in [2.24, 2.45) is 0 Å². The zero-order valence-electron chi connectivity index (χ0n) is 7.54. The highest BCUT2D eigenvalue weighted by Gasteiger charge is 2.13. The zero-order valence-corrected chi connectivity index (χ0v) is 9.70. The predicted molar refractivity (Wildman–Crippen MR) is 63.0 cm³/mol. The largest absolute Gasteiger partial charge is 0.356 e. The van der Waals surface area contributed by atoms with Crippen LogP contribution in [-0.4, -0.2) is 18.1 Å². The SMILES string of the molecule is Ic1cccnc1N1CCCCC1. The Morgan fingerprint density at radius 1 is 1.23 bits per heavy atom. The van der Waals surface area contributed by atoms with Crippen LogP contribution in [0.5, 0.6) is 0 Å². The third-order valence-electron chi connectivity index (χ3n) is 2.39. The quantitative estimate of drug-likeness (QED) is 0.739. The summed E-state index contributed by atoms with van der Waals surface area (Å²) in [5, 5.41) is 0. The maximum atomic E-state index is 4.42. The number of anilines is 1. The van der Waals surface area contributed by atoms with Crippen molar-refractivity contribution in [3.8, 4) is 0 Å². The average molecular weight is 288 g/mol. The van der Waals surface area contributed by atoms with E-state index >= 15 is 0 Å². The van der Waals surface area contributed by atoms with Gasteiger partial charge in [-0.25, -0.2) is 4.98 Å². The van der Waals surface area contributed by atoms with Crippen molar-refractivity contribution in [1.29, 1.82) is 0 Å². The van der Waals surface area contributed by atoms with E-state index in [1.54, 1.807) is 0 Å². The lowest BCUT2D eigenvalue weighted by Crippen LogP contribution is -2.30. The van der Waals surface area contributed by atoms with Crippen molar-refractivity contribution >= 4 is 28.4 Å². The lowest BCUT2D eigenvalue weighted by molar-refractivity contribution is 0.572. The third-order valence-corrected chi connectivity index (χ3v) is 3.24. The van der Waals surface area contributed by atoms with Crippen molar-refractivity contribution in [2.75, 3.05) is 18.0 Å². The fourth-order valence-corrected chi connectivity index (χ4v) is 2.40. The molecule has 0 aliphatic carbocycles. The third kappa shape index (κ3) is 2.13. The first kappa shape index (κ1) is 9.24. The number of nitrogens with zero attached hydrogens (tertiary/aromatic N) is 2. The minimum Gasteiger partial charge on any atom is -0.356 e. The van der Waals surface area contributed by atoms with Crippen LogP contribution in [0.1, 0.15) is 19.3 Å². The van der Waals surface area contributed by atoms with Crippen LogP contribution in [0.3, 0.4) is 0 Å². The van der Waals surface area contributed by atoms with Gasteiger partial charge in [-0.2, -0.15) is 0 Å². The van der Waals surface area contributed by atoms with Gasteiger partial charge in [-0.05, 0) is 54.0 Å². The Bertz CT molecular complexity index is 282. The first-order valence-corrected chi connectivity index (χ1v) is 5.81. The molecule has 3 heteroatoms. The van der Waals surface area contributed by atoms with Gasteiger partial charge in [-0.3, -0.25) is 0 Å². The van der Waals surface area contributed by atoms with Crippen LogP contribution >= 0.6 is 22.6 Å². The van der Waals surface area contributed by atoms with Gasteiger partial charge < -0.3 is 4.90 Å². The van der Waals surface area contributed by atoms with Gasteiger partial charge in [-0.15, -0.1) is 0 Å². The number of hydrogen-bond acceptors (Lipinski definition) is 2. The summed E-state index contributed by atoms with van der Waals surface area (Å²) < 4.78 is 1.27. The minimum atomic E-state index is 1.17. The molecule has 0 N–H and O–H groups in total. The van der Waals surface area contributed by atoms with Crippen LogP contribution in [0.4, 0.5) is 5.82 Å². The fourth-order valence-electron chi connectivity index (χ4n) is 1.72. The van der Waals surface area contributed by atoms with Gasteiger partial charge in [0.15, 0.2) is 0 Å². The topological polar surface area (TPSA) is 16.1 Å². The number of pyridine rings is 1. The van der Waals surface area contributed by atoms with Crippen LogP contribution in [0, 0.1) is 3.57 Å². The molecule has 1 fully saturated rings. The molecule has 0 atom stereocenters. The van der Waals surface area contributed by atoms with Crippen molar-refractivity contribution in [2.45, 2.75) is 19.3 Å². The molecule has 0 saturated carbocycles. The summed E-state index contributed by atoms with van der Waals surface area (Å²) in [7, 11) is 0. The maximum absolute atomic E-state index is 4.42. The van der Waals surface area contributed by atoms with E-state index < -0.39 is 0 Å². The van der Waals surface area contributed by atoms with Crippen LogP contribution < -0.4 is 4.90 Å². The molecular formula is C10H13IN2. The number of piperidine rings is 1. The van der Waals surface area contributed by atoms with Gasteiger partial charge >= 0.3 is 0 Å². The summed E-state index contributed by atoms with van der Waals surface area (Å²) >= 11 is 2.36. The molecule has 2 heterocycles. The summed E-state index contributed by atoms with van der Waals surface area (Å²) in [4.78, 5) is 6.81. The van der Waals surface area contributed by atoms with E-state index in [4.69, 9.17) is 0 Å². The molecule has 1 aliphatic heterocycles. The Balaban J connectivity index is 2.18. The van der Waals surface area contributed by atoms with Crippen molar-refractivity contribution in [3.63, 3.8) is 0 Å². The van der Waals surface area contributed by atoms with Gasteiger partial charge in [0.1, 0.15) is 5.82 Å². The lowest BCUT2D eigenvalue weighted by atomic mass is 10.1. The summed E-state index contributed by atoms with van der Waals surface area (Å²) in [5.74, 6) is 1.17. The second-order valence-electron chi connectivity index (χ2n) is 3.36. The van der Waals surface area contributed by atoms with Crippen LogP contribution in [0.15, 0.2) is 18.3 Å². The van der Waals surface area contributed by atoms with E-state index in [1.165, 1.54) is 41.7 Å². The second kappa shape index (κ2) is 4.26. The number of hydrogen-bond donors (Lipinski definition) is 0. The van der Waals surface area contributed by atoms with Gasteiger partial charge in [0.2, 0.25) is 0 Å². The smallest absolute Gasteiger partial charge is 0.141 e. The predicted octanol–water partition coefficient (Wildman–Crippen LogP) is 2.68. The van der Waals surface area contributed by atoms with E-state index in [-0.39, 0.29) is 0 Å². The molecule has 1 aliphatic rings. The van der Waals surface area contributed by atoms with Crippen LogP contribution in [-0.2, 0) is 0 Å². The van der Waals surface area contributed by atoms with Crippen molar-refractivity contribution in [3.05, 3.63) is 21.9 Å². The van der Waals surface area contributed by atoms with Gasteiger partial charge in [0.05, 0.1) is 3.57 Å². The first-order valence-electron chi connectivity index (χ1n) is 4.73. The van der Waals surface area contributed by atoms with Crippen molar-refractivity contribution in [1.82, 2.24) is 4.98 Å². The molecule has 1 saturated heterocycles. The molecule has 1 aromatic heterocycles. The monoisotopic (exact) mass is 288 g/mol. The van der Waals surface area contributed by atoms with Gasteiger partial charge in [0.25, 0.3) is 0 Å². The Morgan fingerprint density at radius 3 is 2.69 bits per heavy atom. The van der Waals surface area contributed by atoms with E-state index in [0.29, 0.717) is 0 Å². The molecule has 2 nitrogen and oxygen atoms in total. The fraction of sp³-hybridized carbons (Fsp3) is 0.500. The Labute approximate surface area is 92.5 Å². The molecule has 0 unspecified atom stereocenters. The van der Waals surface area contributed by atoms with Gasteiger partial charge in [-0.1, -0.05) is 0 Å². The number of rotatable bonds is 1. The molecule has 0 radical (unpaired) electrons. The first-order chi connectivity index (χ1) is 6.38. The molecule has 0 aromatic carbocycles. The minimum absolute atomic E-state index is 1.17. The molecule has 0 spiro atoms. The van der Waals surface area contributed by atoms with Crippen LogP contribution in [0.25, 0.3) is 0 Å². The molecule has 2 rings (SSSR count). The highest BCUT2D eigenvalue weighted by molar-refractivity contribution is 14.1. The summed E-state index contributed by atoms with van der Waals surface area (Å²) in [6, 6.07) is 4.12. The molecular weight excluding hydrogens is 275 g/mol. The second-order valence-corrected chi connectivity index (χ2v) is 4.52. The lowest BCUT2D eigenvalue weighted by Gasteiger charge is -2.28. The molecule has 0 bridgehead atoms. The maximum Gasteiger partial charge on any atom is 0.141 e. The highest BCUT2D eigenvalue weighted by atomic mass is 127.